The fraction of sp³-hybridized carbons (Fsp3) is 0.724. The first-order chi connectivity index (χ1) is 16.5. The lowest BCUT2D eigenvalue weighted by Gasteiger charge is -2.68. The van der Waals surface area contributed by atoms with Gasteiger partial charge in [0.1, 0.15) is 18.5 Å². The van der Waals surface area contributed by atoms with Crippen LogP contribution in [0.1, 0.15) is 53.9 Å². The zero-order valence-corrected chi connectivity index (χ0v) is 23.6. The van der Waals surface area contributed by atoms with Crippen LogP contribution in [0.2, 0.25) is 18.1 Å². The van der Waals surface area contributed by atoms with Crippen molar-refractivity contribution in [2.45, 2.75) is 90.0 Å². The molecule has 5 nitrogen and oxygen atoms in total. The highest BCUT2D eigenvalue weighted by atomic mass is 28.4. The van der Waals surface area contributed by atoms with Crippen LogP contribution in [-0.4, -0.2) is 51.2 Å². The van der Waals surface area contributed by atoms with E-state index >= 15 is 0 Å². The highest BCUT2D eigenvalue weighted by molar-refractivity contribution is 6.74. The van der Waals surface area contributed by atoms with Crippen molar-refractivity contribution in [1.29, 1.82) is 0 Å². The first-order valence-corrected chi connectivity index (χ1v) is 16.2. The number of benzene rings is 1. The molecule has 6 heteroatoms. The first kappa shape index (κ1) is 26.7. The molecule has 0 radical (unpaired) electrons. The molecule has 0 bridgehead atoms. The van der Waals surface area contributed by atoms with Crippen LogP contribution in [0.5, 0.6) is 5.75 Å². The Kier molecular flexibility index (Phi) is 7.50. The van der Waals surface area contributed by atoms with Crippen LogP contribution in [0.15, 0.2) is 30.3 Å². The molecule has 1 spiro atoms. The number of hydrogen-bond donors (Lipinski definition) is 1. The zero-order chi connectivity index (χ0) is 25.5. The maximum Gasteiger partial charge on any atom is 0.193 e. The van der Waals surface area contributed by atoms with Gasteiger partial charge in [-0.2, -0.15) is 0 Å². The monoisotopic (exact) mass is 500 g/mol. The molecule has 1 heterocycles. The fourth-order valence-electron chi connectivity index (χ4n) is 6.29. The van der Waals surface area contributed by atoms with Crippen molar-refractivity contribution in [2.24, 2.45) is 23.2 Å². The van der Waals surface area contributed by atoms with Crippen LogP contribution in [0.3, 0.4) is 0 Å². The molecule has 194 valence electrons. The molecule has 3 aliphatic rings. The van der Waals surface area contributed by atoms with E-state index in [9.17, 15) is 5.11 Å². The highest BCUT2D eigenvalue weighted by Crippen LogP contribution is 2.70. The van der Waals surface area contributed by atoms with E-state index in [0.717, 1.165) is 18.6 Å². The SMILES string of the molecule is CCC1[C@H]2[C@H](C#C[C@@H](COc3ccccc3)O[Si](C)(C)C(C)(C)C)[C@@H](O)CC[C@@]2(C)C12OCCO2. The Balaban J connectivity index is 1.59. The summed E-state index contributed by atoms with van der Waals surface area (Å²) in [7, 11) is -2.07. The van der Waals surface area contributed by atoms with Gasteiger partial charge in [-0.3, -0.25) is 0 Å². The van der Waals surface area contributed by atoms with Gasteiger partial charge in [0.25, 0.3) is 0 Å². The minimum Gasteiger partial charge on any atom is -0.490 e. The van der Waals surface area contributed by atoms with Crippen molar-refractivity contribution in [3.63, 3.8) is 0 Å². The van der Waals surface area contributed by atoms with E-state index in [0.29, 0.717) is 26.2 Å². The molecule has 35 heavy (non-hydrogen) atoms. The van der Waals surface area contributed by atoms with Gasteiger partial charge in [0.15, 0.2) is 14.1 Å². The topological polar surface area (TPSA) is 57.2 Å². The van der Waals surface area contributed by atoms with Crippen LogP contribution < -0.4 is 4.74 Å². The van der Waals surface area contributed by atoms with Crippen molar-refractivity contribution in [1.82, 2.24) is 0 Å². The normalized spacial score (nSPS) is 32.8. The van der Waals surface area contributed by atoms with Crippen LogP contribution in [-0.2, 0) is 13.9 Å². The van der Waals surface area contributed by atoms with E-state index < -0.39 is 20.2 Å². The Morgan fingerprint density at radius 2 is 1.83 bits per heavy atom. The standard InChI is InChI=1S/C29H44O5Si/c1-8-24-26-23(25(30)16-17-28(26,5)29(24)32-18-19-33-29)15-14-22(34-35(6,7)27(2,3)4)20-31-21-12-10-9-11-13-21/h9-13,22-26,30H,8,16-20H2,1-7H3/t22-,23+,24?,25-,26+,28+/m0/s1. The molecule has 1 aromatic rings. The average molecular weight is 501 g/mol. The van der Waals surface area contributed by atoms with Gasteiger partial charge in [0.05, 0.1) is 25.2 Å². The van der Waals surface area contributed by atoms with Gasteiger partial charge in [0, 0.05) is 11.3 Å². The van der Waals surface area contributed by atoms with Crippen LogP contribution >= 0.6 is 0 Å². The van der Waals surface area contributed by atoms with E-state index in [2.05, 4.69) is 59.6 Å². The Morgan fingerprint density at radius 1 is 1.17 bits per heavy atom. The summed E-state index contributed by atoms with van der Waals surface area (Å²) in [6.07, 6.45) is 1.76. The third kappa shape index (κ3) is 4.71. The fourth-order valence-corrected chi connectivity index (χ4v) is 7.48. The molecule has 6 atom stereocenters. The molecule has 0 amide bonds. The third-order valence-corrected chi connectivity index (χ3v) is 13.7. The molecule has 1 aliphatic heterocycles. The molecule has 1 aromatic carbocycles. The van der Waals surface area contributed by atoms with Crippen LogP contribution in [0.4, 0.5) is 0 Å². The average Bonchev–Trinajstić information content (AvgIpc) is 3.32. The second kappa shape index (κ2) is 9.83. The lowest BCUT2D eigenvalue weighted by molar-refractivity contribution is -0.384. The van der Waals surface area contributed by atoms with Gasteiger partial charge in [0.2, 0.25) is 0 Å². The van der Waals surface area contributed by atoms with Crippen molar-refractivity contribution in [3.05, 3.63) is 30.3 Å². The zero-order valence-electron chi connectivity index (χ0n) is 22.6. The number of aliphatic hydroxyl groups excluding tert-OH is 1. The second-order valence-corrected chi connectivity index (χ2v) is 17.0. The van der Waals surface area contributed by atoms with E-state index in [4.69, 9.17) is 18.6 Å². The number of ether oxygens (including phenoxy) is 3. The van der Waals surface area contributed by atoms with Gasteiger partial charge in [-0.1, -0.05) is 64.7 Å². The van der Waals surface area contributed by atoms with E-state index in [1.165, 1.54) is 0 Å². The Bertz CT molecular complexity index is 924. The predicted molar refractivity (Wildman–Crippen MR) is 141 cm³/mol. The van der Waals surface area contributed by atoms with Gasteiger partial charge in [-0.25, -0.2) is 0 Å². The van der Waals surface area contributed by atoms with Gasteiger partial charge in [-0.15, -0.1) is 0 Å². The maximum atomic E-state index is 11.1. The van der Waals surface area contributed by atoms with Gasteiger partial charge < -0.3 is 23.7 Å². The highest BCUT2D eigenvalue weighted by Gasteiger charge is 2.75. The number of fused-ring (bicyclic) bond motifs is 2. The van der Waals surface area contributed by atoms with E-state index in [1.807, 2.05) is 30.3 Å². The summed E-state index contributed by atoms with van der Waals surface area (Å²) in [6, 6.07) is 9.82. The summed E-state index contributed by atoms with van der Waals surface area (Å²) in [5.41, 5.74) is -0.126. The predicted octanol–water partition coefficient (Wildman–Crippen LogP) is 5.64. The quantitative estimate of drug-likeness (QED) is 0.405. The molecule has 2 aliphatic carbocycles. The second-order valence-electron chi connectivity index (χ2n) is 12.2. The molecule has 2 saturated carbocycles. The largest absolute Gasteiger partial charge is 0.490 e. The van der Waals surface area contributed by atoms with Gasteiger partial charge >= 0.3 is 0 Å². The summed E-state index contributed by atoms with van der Waals surface area (Å²) in [5.74, 6) is 7.61. The molecule has 1 N–H and O–H groups in total. The van der Waals surface area contributed by atoms with Crippen LogP contribution in [0.25, 0.3) is 0 Å². The van der Waals surface area contributed by atoms with Crippen molar-refractivity contribution < 1.29 is 23.7 Å². The number of hydrogen-bond acceptors (Lipinski definition) is 5. The molecule has 1 unspecified atom stereocenters. The first-order valence-electron chi connectivity index (χ1n) is 13.3. The van der Waals surface area contributed by atoms with Crippen LogP contribution in [0, 0.1) is 35.0 Å². The Morgan fingerprint density at radius 3 is 2.43 bits per heavy atom. The minimum absolute atomic E-state index is 0.0629. The molecular weight excluding hydrogens is 456 g/mol. The molecule has 4 rings (SSSR count). The Hall–Kier alpha value is -1.36. The summed E-state index contributed by atoms with van der Waals surface area (Å²) >= 11 is 0. The Labute approximate surface area is 213 Å². The van der Waals surface area contributed by atoms with Gasteiger partial charge in [-0.05, 0) is 55.4 Å². The minimum atomic E-state index is -2.07. The summed E-state index contributed by atoms with van der Waals surface area (Å²) in [5, 5.41) is 11.1. The van der Waals surface area contributed by atoms with Crippen molar-refractivity contribution in [3.8, 4) is 17.6 Å². The molecule has 1 saturated heterocycles. The molecule has 0 aromatic heterocycles. The summed E-state index contributed by atoms with van der Waals surface area (Å²) in [4.78, 5) is 0. The van der Waals surface area contributed by atoms with Crippen molar-refractivity contribution >= 4 is 8.32 Å². The van der Waals surface area contributed by atoms with E-state index in [-0.39, 0.29) is 34.3 Å². The molecular formula is C29H44O5Si. The van der Waals surface area contributed by atoms with E-state index in [1.54, 1.807) is 0 Å². The summed E-state index contributed by atoms with van der Waals surface area (Å²) in [6.45, 7) is 17.3. The van der Waals surface area contributed by atoms with Crippen molar-refractivity contribution in [2.75, 3.05) is 19.8 Å². The lowest BCUT2D eigenvalue weighted by atomic mass is 9.41. The summed E-state index contributed by atoms with van der Waals surface area (Å²) < 4.78 is 25.3. The lowest BCUT2D eigenvalue weighted by Crippen LogP contribution is -2.74. The maximum absolute atomic E-state index is 11.1. The smallest absolute Gasteiger partial charge is 0.193 e. The molecule has 3 fully saturated rings. The number of aliphatic hydroxyl groups is 1. The third-order valence-electron chi connectivity index (χ3n) is 9.17. The number of para-hydroxylation sites is 1. The number of rotatable bonds is 6.